The van der Waals surface area contributed by atoms with Crippen LogP contribution in [-0.2, 0) is 0 Å². The molecule has 1 rings (SSSR count). The van der Waals surface area contributed by atoms with Crippen molar-refractivity contribution in [3.8, 4) is 0 Å². The molecular formula is C21H38Sn. The third kappa shape index (κ3) is 5.90. The summed E-state index contributed by atoms with van der Waals surface area (Å²) >= 11 is -2.11. The summed E-state index contributed by atoms with van der Waals surface area (Å²) in [6.07, 6.45) is 8.53. The Morgan fingerprint density at radius 1 is 0.773 bits per heavy atom. The molecule has 0 aliphatic carbocycles. The van der Waals surface area contributed by atoms with E-state index in [-0.39, 0.29) is 0 Å². The summed E-state index contributed by atoms with van der Waals surface area (Å²) in [5.41, 5.74) is 3.04. The number of aryl methyl sites for hydroxylation is 1. The summed E-state index contributed by atoms with van der Waals surface area (Å²) in [5.74, 6) is 0. The molecule has 0 heterocycles. The Morgan fingerprint density at radius 2 is 1.18 bits per heavy atom. The molecule has 1 aromatic rings. The van der Waals surface area contributed by atoms with Crippen LogP contribution in [0.25, 0.3) is 0 Å². The first kappa shape index (κ1) is 20.1. The molecule has 126 valence electrons. The number of hydrogen-bond acceptors (Lipinski definition) is 0. The Labute approximate surface area is 144 Å². The van der Waals surface area contributed by atoms with Gasteiger partial charge in [0, 0.05) is 0 Å². The summed E-state index contributed by atoms with van der Waals surface area (Å²) in [5, 5.41) is 0. The predicted molar refractivity (Wildman–Crippen MR) is 104 cm³/mol. The van der Waals surface area contributed by atoms with E-state index in [4.69, 9.17) is 0 Å². The fraction of sp³-hybridized carbons (Fsp3) is 0.714. The summed E-state index contributed by atoms with van der Waals surface area (Å²) in [4.78, 5) is 0. The van der Waals surface area contributed by atoms with Crippen molar-refractivity contribution in [3.05, 3.63) is 35.4 Å². The molecular weight excluding hydrogens is 371 g/mol. The molecule has 0 spiro atoms. The van der Waals surface area contributed by atoms with E-state index in [1.807, 2.05) is 0 Å². The van der Waals surface area contributed by atoms with Crippen LogP contribution < -0.4 is 0 Å². The molecule has 0 amide bonds. The van der Waals surface area contributed by atoms with Crippen molar-refractivity contribution in [1.29, 1.82) is 0 Å². The fourth-order valence-electron chi connectivity index (χ4n) is 3.82. The summed E-state index contributed by atoms with van der Waals surface area (Å²) in [6.45, 7) is 11.9. The van der Waals surface area contributed by atoms with E-state index in [9.17, 15) is 0 Å². The molecule has 0 aromatic heterocycles. The minimum atomic E-state index is -2.11. The average Bonchev–Trinajstić information content (AvgIpc) is 2.54. The fourth-order valence-corrected chi connectivity index (χ4v) is 21.3. The van der Waals surface area contributed by atoms with Crippen LogP contribution in [0.4, 0.5) is 0 Å². The average molecular weight is 409 g/mol. The van der Waals surface area contributed by atoms with Gasteiger partial charge in [0.15, 0.2) is 0 Å². The zero-order chi connectivity index (χ0) is 16.4. The minimum absolute atomic E-state index is 0.888. The van der Waals surface area contributed by atoms with Crippen LogP contribution in [0.5, 0.6) is 0 Å². The van der Waals surface area contributed by atoms with E-state index in [1.54, 1.807) is 18.9 Å². The first-order chi connectivity index (χ1) is 10.6. The maximum absolute atomic E-state index is 2.59. The quantitative estimate of drug-likeness (QED) is 0.332. The van der Waals surface area contributed by atoms with E-state index in [0.29, 0.717) is 0 Å². The number of rotatable bonds is 11. The molecule has 0 aliphatic rings. The molecule has 0 saturated heterocycles. The van der Waals surface area contributed by atoms with Crippen LogP contribution in [0.3, 0.4) is 0 Å². The van der Waals surface area contributed by atoms with Crippen LogP contribution in [0, 0.1) is 6.92 Å². The first-order valence-electron chi connectivity index (χ1n) is 9.66. The summed E-state index contributed by atoms with van der Waals surface area (Å²) in [6, 6.07) is 9.49. The van der Waals surface area contributed by atoms with E-state index < -0.39 is 18.4 Å². The van der Waals surface area contributed by atoms with Crippen molar-refractivity contribution in [2.45, 2.75) is 90.4 Å². The molecule has 0 saturated carbocycles. The second kappa shape index (κ2) is 10.7. The Morgan fingerprint density at radius 3 is 1.55 bits per heavy atom. The monoisotopic (exact) mass is 410 g/mol. The van der Waals surface area contributed by atoms with Gasteiger partial charge < -0.3 is 0 Å². The zero-order valence-corrected chi connectivity index (χ0v) is 18.6. The van der Waals surface area contributed by atoms with E-state index in [2.05, 4.69) is 58.9 Å². The molecule has 1 heteroatoms. The van der Waals surface area contributed by atoms with Gasteiger partial charge >= 0.3 is 144 Å². The molecule has 0 fully saturated rings. The first-order valence-corrected chi connectivity index (χ1v) is 17.4. The summed E-state index contributed by atoms with van der Waals surface area (Å²) in [7, 11) is 0. The van der Waals surface area contributed by atoms with Crippen LogP contribution in [-0.4, -0.2) is 18.4 Å². The van der Waals surface area contributed by atoms with Crippen molar-refractivity contribution in [1.82, 2.24) is 0 Å². The van der Waals surface area contributed by atoms with Crippen molar-refractivity contribution in [2.24, 2.45) is 0 Å². The van der Waals surface area contributed by atoms with Crippen molar-refractivity contribution >= 4 is 18.4 Å². The Balaban J connectivity index is 3.03. The van der Waals surface area contributed by atoms with Gasteiger partial charge in [0.05, 0.1) is 0 Å². The molecule has 0 nitrogen and oxygen atoms in total. The van der Waals surface area contributed by atoms with Gasteiger partial charge in [-0.15, -0.1) is 0 Å². The van der Waals surface area contributed by atoms with Gasteiger partial charge in [-0.2, -0.15) is 0 Å². The molecule has 1 unspecified atom stereocenters. The second-order valence-corrected chi connectivity index (χ2v) is 21.8. The number of benzene rings is 1. The van der Waals surface area contributed by atoms with Gasteiger partial charge in [0.2, 0.25) is 0 Å². The Hall–Kier alpha value is 0.0187. The van der Waals surface area contributed by atoms with Crippen molar-refractivity contribution in [3.63, 3.8) is 0 Å². The Bertz CT molecular complexity index is 371. The van der Waals surface area contributed by atoms with Gasteiger partial charge in [-0.1, -0.05) is 0 Å². The van der Waals surface area contributed by atoms with Crippen LogP contribution in [0.2, 0.25) is 13.3 Å². The number of hydrogen-bond donors (Lipinski definition) is 0. The van der Waals surface area contributed by atoms with E-state index in [1.165, 1.54) is 44.1 Å². The molecule has 22 heavy (non-hydrogen) atoms. The zero-order valence-electron chi connectivity index (χ0n) is 15.8. The molecule has 0 bridgehead atoms. The Kier molecular flexibility index (Phi) is 9.79. The topological polar surface area (TPSA) is 0 Å². The molecule has 0 N–H and O–H groups in total. The molecule has 1 aromatic carbocycles. The van der Waals surface area contributed by atoms with Crippen LogP contribution in [0.15, 0.2) is 24.3 Å². The third-order valence-corrected chi connectivity index (χ3v) is 23.3. The van der Waals surface area contributed by atoms with Gasteiger partial charge in [0.1, 0.15) is 0 Å². The SMILES string of the molecule is CCC[CH2][Sn]([CH2]CCC)([CH2]CCC)[CH](C)c1ccc(C)cc1. The third-order valence-electron chi connectivity index (χ3n) is 5.58. The number of unbranched alkanes of at least 4 members (excludes halogenated alkanes) is 3. The van der Waals surface area contributed by atoms with Crippen molar-refractivity contribution in [2.75, 3.05) is 0 Å². The molecule has 1 atom stereocenters. The van der Waals surface area contributed by atoms with Gasteiger partial charge in [0.25, 0.3) is 0 Å². The van der Waals surface area contributed by atoms with Gasteiger partial charge in [-0.3, -0.25) is 0 Å². The van der Waals surface area contributed by atoms with E-state index >= 15 is 0 Å². The van der Waals surface area contributed by atoms with Crippen LogP contribution in [0.1, 0.15) is 81.3 Å². The van der Waals surface area contributed by atoms with Crippen LogP contribution >= 0.6 is 0 Å². The van der Waals surface area contributed by atoms with Crippen molar-refractivity contribution < 1.29 is 0 Å². The predicted octanol–water partition coefficient (Wildman–Crippen LogP) is 7.49. The standard InChI is InChI=1S/C9H11.3C4H9.Sn/c1-3-9-6-4-8(2)5-7-9;3*1-3-4-2;/h3-7H,1-2H3;3*1,3-4H2,2H3;. The maximum atomic E-state index is 2.59. The van der Waals surface area contributed by atoms with Gasteiger partial charge in [-0.05, 0) is 0 Å². The summed E-state index contributed by atoms with van der Waals surface area (Å²) < 4.78 is 5.72. The van der Waals surface area contributed by atoms with Gasteiger partial charge in [-0.25, -0.2) is 0 Å². The van der Waals surface area contributed by atoms with E-state index in [0.717, 1.165) is 3.93 Å². The molecule has 0 aliphatic heterocycles. The second-order valence-electron chi connectivity index (χ2n) is 7.31. The molecule has 0 radical (unpaired) electrons. The normalized spacial score (nSPS) is 13.3.